The Morgan fingerprint density at radius 1 is 0.222 bits per heavy atom. The maximum absolute atomic E-state index is 6.71. The van der Waals surface area contributed by atoms with Crippen LogP contribution in [-0.2, 0) is 18.9 Å². The van der Waals surface area contributed by atoms with Crippen LogP contribution in [0.4, 0.5) is 0 Å². The van der Waals surface area contributed by atoms with Gasteiger partial charge in [-0.1, -0.05) is 364 Å². The molecular weight excluding hydrogens is 1070 g/mol. The SMILES string of the molecule is CCCCCCCCCCCCCCC(C)C(=S)OCC(COC(=S)C(C)CCCCCCCCCCCCCC)(COC(=S)C(C)CCCCCCCCCCCCCC)COC(=S)C(C)CCCCCCCCCCCCCC. The van der Waals surface area contributed by atoms with E-state index in [1.54, 1.807) is 0 Å². The Hall–Kier alpha value is -0.440. The molecule has 4 nitrogen and oxygen atoms in total. The van der Waals surface area contributed by atoms with Crippen molar-refractivity contribution >= 4 is 69.1 Å². The van der Waals surface area contributed by atoms with Crippen molar-refractivity contribution in [1.29, 1.82) is 0 Å². The van der Waals surface area contributed by atoms with Crippen molar-refractivity contribution in [3.63, 3.8) is 0 Å². The molecule has 0 aromatic carbocycles. The Morgan fingerprint density at radius 2 is 0.346 bits per heavy atom. The standard InChI is InChI=1S/C73H140O4S4/c1-9-13-17-21-25-29-33-37-41-45-49-53-57-65(5)69(78)74-61-73(62-75-70(79)66(6)58-54-50-46-42-38-34-30-26-22-18-14-10-2,63-76-71(80)67(7)59-55-51-47-43-39-35-31-27-23-19-15-11-3)64-77-72(81)68(8)60-56-52-48-44-40-36-32-28-24-20-16-12-4/h65-68H,9-64H2,1-8H3. The van der Waals surface area contributed by atoms with Crippen molar-refractivity contribution in [3.8, 4) is 0 Å². The first-order chi connectivity index (χ1) is 39.5. The number of unbranched alkanes of at least 4 members (excludes halogenated alkanes) is 44. The lowest BCUT2D eigenvalue weighted by Gasteiger charge is -2.35. The van der Waals surface area contributed by atoms with Crippen LogP contribution in [-0.4, -0.2) is 46.6 Å². The van der Waals surface area contributed by atoms with Gasteiger partial charge in [0.2, 0.25) is 0 Å². The molecule has 0 aromatic heterocycles. The van der Waals surface area contributed by atoms with E-state index >= 15 is 0 Å². The smallest absolute Gasteiger partial charge is 0.162 e. The van der Waals surface area contributed by atoms with E-state index in [9.17, 15) is 0 Å². The largest absolute Gasteiger partial charge is 0.486 e. The highest BCUT2D eigenvalue weighted by atomic mass is 32.1. The fourth-order valence-corrected chi connectivity index (χ4v) is 12.1. The molecular formula is C73H140O4S4. The molecule has 0 saturated heterocycles. The highest BCUT2D eigenvalue weighted by Crippen LogP contribution is 2.28. The van der Waals surface area contributed by atoms with Gasteiger partial charge in [0.15, 0.2) is 20.2 Å². The number of rotatable bonds is 64. The summed E-state index contributed by atoms with van der Waals surface area (Å²) in [5.41, 5.74) is -0.723. The molecule has 0 radical (unpaired) electrons. The molecule has 0 spiro atoms. The number of ether oxygens (including phenoxy) is 4. The summed E-state index contributed by atoms with van der Waals surface area (Å²) in [7, 11) is 0. The Balaban J connectivity index is 5.83. The summed E-state index contributed by atoms with van der Waals surface area (Å²) in [5.74, 6) is 0.698. The molecule has 0 saturated carbocycles. The van der Waals surface area contributed by atoms with Crippen molar-refractivity contribution < 1.29 is 18.9 Å². The van der Waals surface area contributed by atoms with Gasteiger partial charge in [-0.3, -0.25) is 0 Å². The first kappa shape index (κ1) is 80.6. The van der Waals surface area contributed by atoms with E-state index in [0.29, 0.717) is 46.6 Å². The highest BCUT2D eigenvalue weighted by molar-refractivity contribution is 7.80. The molecule has 0 fully saturated rings. The molecule has 480 valence electrons. The van der Waals surface area contributed by atoms with Crippen molar-refractivity contribution in [3.05, 3.63) is 0 Å². The van der Waals surface area contributed by atoms with Crippen LogP contribution in [0.5, 0.6) is 0 Å². The monoisotopic (exact) mass is 1210 g/mol. The number of hydrogen-bond donors (Lipinski definition) is 0. The van der Waals surface area contributed by atoms with Crippen LogP contribution in [0.1, 0.15) is 389 Å². The van der Waals surface area contributed by atoms with Gasteiger partial charge < -0.3 is 18.9 Å². The molecule has 0 aliphatic heterocycles. The topological polar surface area (TPSA) is 36.9 Å². The van der Waals surface area contributed by atoms with Gasteiger partial charge in [-0.25, -0.2) is 0 Å². The van der Waals surface area contributed by atoms with E-state index in [4.69, 9.17) is 67.8 Å². The fraction of sp³-hybridized carbons (Fsp3) is 0.945. The lowest BCUT2D eigenvalue weighted by atomic mass is 9.91. The van der Waals surface area contributed by atoms with Gasteiger partial charge in [0.1, 0.15) is 31.8 Å². The van der Waals surface area contributed by atoms with Crippen LogP contribution in [0.3, 0.4) is 0 Å². The average Bonchev–Trinajstić information content (AvgIpc) is 3.47. The van der Waals surface area contributed by atoms with Crippen molar-refractivity contribution in [2.75, 3.05) is 26.4 Å². The maximum Gasteiger partial charge on any atom is 0.162 e. The number of hydrogen-bond acceptors (Lipinski definition) is 8. The minimum atomic E-state index is -0.723. The summed E-state index contributed by atoms with van der Waals surface area (Å²) in [5, 5.41) is 2.65. The van der Waals surface area contributed by atoms with Gasteiger partial charge in [0, 0.05) is 23.7 Å². The zero-order chi connectivity index (χ0) is 59.5. The molecule has 0 aliphatic carbocycles. The minimum absolute atomic E-state index is 0.175. The lowest BCUT2D eigenvalue weighted by molar-refractivity contribution is -0.0195. The maximum atomic E-state index is 6.71. The molecule has 4 atom stereocenters. The van der Waals surface area contributed by atoms with Crippen molar-refractivity contribution in [1.82, 2.24) is 0 Å². The third kappa shape index (κ3) is 52.4. The summed E-state index contributed by atoms with van der Waals surface area (Å²) >= 11 is 24.4. The molecule has 0 aromatic rings. The quantitative estimate of drug-likeness (QED) is 0.0441. The normalized spacial score (nSPS) is 13.8. The summed E-state index contributed by atoms with van der Waals surface area (Å²) in [4.78, 5) is 0. The molecule has 4 unspecified atom stereocenters. The van der Waals surface area contributed by atoms with Gasteiger partial charge in [-0.05, 0) is 74.6 Å². The molecule has 0 rings (SSSR count). The van der Waals surface area contributed by atoms with Crippen LogP contribution in [0.25, 0.3) is 0 Å². The summed E-state index contributed by atoms with van der Waals surface area (Å²) in [6.45, 7) is 19.3. The van der Waals surface area contributed by atoms with Gasteiger partial charge in [-0.15, -0.1) is 0 Å². The summed E-state index contributed by atoms with van der Waals surface area (Å²) in [6, 6.07) is 0. The Kier molecular flexibility index (Phi) is 60.9. The molecule has 0 amide bonds. The van der Waals surface area contributed by atoms with E-state index in [-0.39, 0.29) is 23.7 Å². The highest BCUT2D eigenvalue weighted by Gasteiger charge is 2.38. The van der Waals surface area contributed by atoms with Gasteiger partial charge in [-0.2, -0.15) is 0 Å². The van der Waals surface area contributed by atoms with Crippen LogP contribution in [0.15, 0.2) is 0 Å². The van der Waals surface area contributed by atoms with E-state index < -0.39 is 5.41 Å². The Morgan fingerprint density at radius 3 is 0.481 bits per heavy atom. The second kappa shape index (κ2) is 61.2. The fourth-order valence-electron chi connectivity index (χ4n) is 11.4. The zero-order valence-corrected chi connectivity index (χ0v) is 58.9. The third-order valence-corrected chi connectivity index (χ3v) is 19.7. The van der Waals surface area contributed by atoms with Crippen molar-refractivity contribution in [2.24, 2.45) is 29.1 Å². The zero-order valence-electron chi connectivity index (χ0n) is 55.7. The van der Waals surface area contributed by atoms with Crippen LogP contribution in [0.2, 0.25) is 0 Å². The van der Waals surface area contributed by atoms with Gasteiger partial charge in [0.25, 0.3) is 0 Å². The summed E-state index contributed by atoms with van der Waals surface area (Å²) < 4.78 is 26.9. The summed E-state index contributed by atoms with van der Waals surface area (Å²) in [6.07, 6.45) is 68.7. The Bertz CT molecular complexity index is 1180. The first-order valence-electron chi connectivity index (χ1n) is 36.1. The predicted molar refractivity (Wildman–Crippen MR) is 376 cm³/mol. The first-order valence-corrected chi connectivity index (χ1v) is 37.8. The second-order valence-electron chi connectivity index (χ2n) is 26.2. The molecule has 8 heteroatoms. The number of thiocarbonyl (C=S) groups is 4. The molecule has 0 bridgehead atoms. The predicted octanol–water partition coefficient (Wildman–Crippen LogP) is 26.3. The van der Waals surface area contributed by atoms with Crippen molar-refractivity contribution in [2.45, 2.75) is 389 Å². The van der Waals surface area contributed by atoms with Gasteiger partial charge >= 0.3 is 0 Å². The second-order valence-corrected chi connectivity index (χ2v) is 27.9. The van der Waals surface area contributed by atoms with Crippen LogP contribution in [0, 0.1) is 29.1 Å². The molecule has 0 aliphatic rings. The van der Waals surface area contributed by atoms with E-state index in [1.165, 1.54) is 308 Å². The Labute approximate surface area is 529 Å². The molecule has 81 heavy (non-hydrogen) atoms. The van der Waals surface area contributed by atoms with Crippen LogP contribution >= 0.6 is 48.9 Å². The van der Waals surface area contributed by atoms with Crippen LogP contribution < -0.4 is 0 Å². The molecule has 0 heterocycles. The minimum Gasteiger partial charge on any atom is -0.486 e. The lowest BCUT2D eigenvalue weighted by Crippen LogP contribution is -2.44. The van der Waals surface area contributed by atoms with E-state index in [1.807, 2.05) is 0 Å². The average molecular weight is 1210 g/mol. The van der Waals surface area contributed by atoms with E-state index in [2.05, 4.69) is 55.4 Å². The molecule has 0 N–H and O–H groups in total. The third-order valence-electron chi connectivity index (χ3n) is 17.7. The van der Waals surface area contributed by atoms with E-state index in [0.717, 1.165) is 25.7 Å². The van der Waals surface area contributed by atoms with Gasteiger partial charge in [0.05, 0.1) is 0 Å².